The molecule has 2 unspecified atom stereocenters. The van der Waals surface area contributed by atoms with E-state index >= 15 is 0 Å². The van der Waals surface area contributed by atoms with Crippen molar-refractivity contribution in [2.45, 2.75) is 44.0 Å². The molecule has 0 saturated carbocycles. The average molecular weight is 292 g/mol. The van der Waals surface area contributed by atoms with Gasteiger partial charge in [-0.15, -0.1) is 0 Å². The van der Waals surface area contributed by atoms with Crippen molar-refractivity contribution in [2.24, 2.45) is 5.73 Å². The van der Waals surface area contributed by atoms with Gasteiger partial charge in [0, 0.05) is 29.9 Å². The predicted octanol–water partition coefficient (Wildman–Crippen LogP) is 2.89. The molecule has 110 valence electrons. The highest BCUT2D eigenvalue weighted by atomic mass is 32.2. The van der Waals surface area contributed by atoms with Crippen molar-refractivity contribution in [2.75, 3.05) is 12.8 Å². The number of rotatable bonds is 4. The summed E-state index contributed by atoms with van der Waals surface area (Å²) in [5.41, 5.74) is 8.08. The standard InChI is InChI=1S/C16H24N2OS/c1-12(17)15-5-3-4-10-18(15)16(19)14-8-6-13(7-9-14)11-20-2/h6-9,12,15H,3-5,10-11,17H2,1-2H3. The van der Waals surface area contributed by atoms with Crippen LogP contribution in [0.15, 0.2) is 24.3 Å². The van der Waals surface area contributed by atoms with Crippen molar-refractivity contribution in [1.82, 2.24) is 4.90 Å². The Morgan fingerprint density at radius 3 is 2.70 bits per heavy atom. The molecule has 1 aromatic rings. The van der Waals surface area contributed by atoms with E-state index in [0.29, 0.717) is 0 Å². The number of hydrogen-bond donors (Lipinski definition) is 1. The summed E-state index contributed by atoms with van der Waals surface area (Å²) < 4.78 is 0. The number of likely N-dealkylation sites (tertiary alicyclic amines) is 1. The van der Waals surface area contributed by atoms with Gasteiger partial charge in [0.05, 0.1) is 0 Å². The highest BCUT2D eigenvalue weighted by Gasteiger charge is 2.29. The van der Waals surface area contributed by atoms with Crippen LogP contribution < -0.4 is 5.73 Å². The van der Waals surface area contributed by atoms with E-state index < -0.39 is 0 Å². The largest absolute Gasteiger partial charge is 0.334 e. The summed E-state index contributed by atoms with van der Waals surface area (Å²) in [7, 11) is 0. The van der Waals surface area contributed by atoms with Gasteiger partial charge >= 0.3 is 0 Å². The average Bonchev–Trinajstić information content (AvgIpc) is 2.47. The van der Waals surface area contributed by atoms with Gasteiger partial charge in [0.1, 0.15) is 0 Å². The maximum absolute atomic E-state index is 12.6. The highest BCUT2D eigenvalue weighted by Crippen LogP contribution is 2.22. The first-order chi connectivity index (χ1) is 9.63. The fourth-order valence-electron chi connectivity index (χ4n) is 2.83. The van der Waals surface area contributed by atoms with Gasteiger partial charge in [-0.1, -0.05) is 12.1 Å². The Hall–Kier alpha value is -1.00. The summed E-state index contributed by atoms with van der Waals surface area (Å²) >= 11 is 1.79. The van der Waals surface area contributed by atoms with E-state index in [2.05, 4.69) is 18.4 Å². The molecule has 1 aliphatic heterocycles. The number of carbonyl (C=O) groups excluding carboxylic acids is 1. The van der Waals surface area contributed by atoms with E-state index in [1.54, 1.807) is 11.8 Å². The Labute approximate surface area is 125 Å². The van der Waals surface area contributed by atoms with Crippen LogP contribution in [0.3, 0.4) is 0 Å². The highest BCUT2D eigenvalue weighted by molar-refractivity contribution is 7.97. The van der Waals surface area contributed by atoms with Gasteiger partial charge in [0.15, 0.2) is 0 Å². The number of hydrogen-bond acceptors (Lipinski definition) is 3. The third kappa shape index (κ3) is 3.55. The van der Waals surface area contributed by atoms with Gasteiger partial charge in [0.25, 0.3) is 5.91 Å². The maximum Gasteiger partial charge on any atom is 0.254 e. The summed E-state index contributed by atoms with van der Waals surface area (Å²) in [4.78, 5) is 14.6. The van der Waals surface area contributed by atoms with E-state index in [9.17, 15) is 4.79 Å². The molecule has 1 aromatic carbocycles. The zero-order valence-corrected chi connectivity index (χ0v) is 13.2. The van der Waals surface area contributed by atoms with E-state index in [0.717, 1.165) is 30.7 Å². The van der Waals surface area contributed by atoms with Gasteiger partial charge in [-0.05, 0) is 50.1 Å². The summed E-state index contributed by atoms with van der Waals surface area (Å²) in [5.74, 6) is 1.11. The molecule has 0 spiro atoms. The van der Waals surface area contributed by atoms with Crippen LogP contribution in [-0.2, 0) is 5.75 Å². The fourth-order valence-corrected chi connectivity index (χ4v) is 3.36. The monoisotopic (exact) mass is 292 g/mol. The molecule has 0 radical (unpaired) electrons. The molecule has 0 aromatic heterocycles. The summed E-state index contributed by atoms with van der Waals surface area (Å²) in [6.45, 7) is 2.83. The Balaban J connectivity index is 2.12. The Morgan fingerprint density at radius 2 is 2.10 bits per heavy atom. The first kappa shape index (κ1) is 15.4. The third-order valence-electron chi connectivity index (χ3n) is 3.93. The van der Waals surface area contributed by atoms with E-state index in [1.165, 1.54) is 12.0 Å². The molecule has 3 nitrogen and oxygen atoms in total. The minimum absolute atomic E-state index is 0.0371. The Kier molecular flexibility index (Phi) is 5.49. The quantitative estimate of drug-likeness (QED) is 0.928. The number of thioether (sulfide) groups is 1. The second-order valence-corrected chi connectivity index (χ2v) is 6.42. The van der Waals surface area contributed by atoms with Crippen LogP contribution in [0.5, 0.6) is 0 Å². The second kappa shape index (κ2) is 7.14. The number of nitrogens with two attached hydrogens (primary N) is 1. The first-order valence-electron chi connectivity index (χ1n) is 7.28. The summed E-state index contributed by atoms with van der Waals surface area (Å²) in [6.07, 6.45) is 5.36. The Bertz CT molecular complexity index is 444. The molecule has 1 aliphatic rings. The molecule has 20 heavy (non-hydrogen) atoms. The van der Waals surface area contributed by atoms with Crippen molar-refractivity contribution in [3.05, 3.63) is 35.4 Å². The van der Waals surface area contributed by atoms with Crippen LogP contribution in [0.25, 0.3) is 0 Å². The Morgan fingerprint density at radius 1 is 1.40 bits per heavy atom. The van der Waals surface area contributed by atoms with E-state index in [-0.39, 0.29) is 18.0 Å². The lowest BCUT2D eigenvalue weighted by Crippen LogP contribution is -2.51. The van der Waals surface area contributed by atoms with Crippen LogP contribution in [0, 0.1) is 0 Å². The number of carbonyl (C=O) groups is 1. The van der Waals surface area contributed by atoms with Gasteiger partial charge in [-0.25, -0.2) is 0 Å². The van der Waals surface area contributed by atoms with Crippen LogP contribution >= 0.6 is 11.8 Å². The molecule has 1 amide bonds. The second-order valence-electron chi connectivity index (χ2n) is 5.55. The predicted molar refractivity (Wildman–Crippen MR) is 86.0 cm³/mol. The SMILES string of the molecule is CSCc1ccc(C(=O)N2CCCCC2C(C)N)cc1. The zero-order chi connectivity index (χ0) is 14.5. The van der Waals surface area contributed by atoms with E-state index in [4.69, 9.17) is 5.73 Å². The number of nitrogens with zero attached hydrogens (tertiary/aromatic N) is 1. The lowest BCUT2D eigenvalue weighted by atomic mass is 9.96. The molecule has 4 heteroatoms. The smallest absolute Gasteiger partial charge is 0.254 e. The molecular formula is C16H24N2OS. The molecule has 1 fully saturated rings. The molecule has 2 rings (SSSR count). The van der Waals surface area contributed by atoms with Gasteiger partial charge in [0.2, 0.25) is 0 Å². The third-order valence-corrected chi connectivity index (χ3v) is 4.55. The van der Waals surface area contributed by atoms with Crippen molar-refractivity contribution < 1.29 is 4.79 Å². The van der Waals surface area contributed by atoms with Gasteiger partial charge in [-0.3, -0.25) is 4.79 Å². The van der Waals surface area contributed by atoms with Gasteiger partial charge < -0.3 is 10.6 Å². The summed E-state index contributed by atoms with van der Waals surface area (Å²) in [6, 6.07) is 8.21. The van der Waals surface area contributed by atoms with Crippen LogP contribution in [0.4, 0.5) is 0 Å². The maximum atomic E-state index is 12.6. The molecular weight excluding hydrogens is 268 g/mol. The molecule has 1 saturated heterocycles. The minimum Gasteiger partial charge on any atom is -0.334 e. The molecule has 2 N–H and O–H groups in total. The van der Waals surface area contributed by atoms with Crippen LogP contribution in [0.2, 0.25) is 0 Å². The summed E-state index contributed by atoms with van der Waals surface area (Å²) in [5, 5.41) is 0. The van der Waals surface area contributed by atoms with Crippen molar-refractivity contribution in [1.29, 1.82) is 0 Å². The lowest BCUT2D eigenvalue weighted by molar-refractivity contribution is 0.0584. The molecule has 1 heterocycles. The van der Waals surface area contributed by atoms with Crippen LogP contribution in [0.1, 0.15) is 42.1 Å². The van der Waals surface area contributed by atoms with Crippen molar-refractivity contribution >= 4 is 17.7 Å². The number of benzene rings is 1. The van der Waals surface area contributed by atoms with Crippen LogP contribution in [-0.4, -0.2) is 35.7 Å². The number of piperidine rings is 1. The van der Waals surface area contributed by atoms with Crippen molar-refractivity contribution in [3.63, 3.8) is 0 Å². The molecule has 0 aliphatic carbocycles. The molecule has 2 atom stereocenters. The minimum atomic E-state index is 0.0371. The molecule has 0 bridgehead atoms. The normalized spacial score (nSPS) is 20.8. The first-order valence-corrected chi connectivity index (χ1v) is 8.67. The number of amides is 1. The lowest BCUT2D eigenvalue weighted by Gasteiger charge is -2.38. The fraction of sp³-hybridized carbons (Fsp3) is 0.562. The topological polar surface area (TPSA) is 46.3 Å². The van der Waals surface area contributed by atoms with Crippen molar-refractivity contribution in [3.8, 4) is 0 Å². The zero-order valence-electron chi connectivity index (χ0n) is 12.3. The van der Waals surface area contributed by atoms with Gasteiger partial charge in [-0.2, -0.15) is 11.8 Å². The van der Waals surface area contributed by atoms with E-state index in [1.807, 2.05) is 24.0 Å².